The zero-order valence-corrected chi connectivity index (χ0v) is 11.8. The second-order valence-electron chi connectivity index (χ2n) is 5.13. The minimum Gasteiger partial charge on any atom is -0.207 e. The van der Waals surface area contributed by atoms with E-state index in [0.717, 1.165) is 0 Å². The minimum absolute atomic E-state index is 1.24. The Balaban J connectivity index is 2.53. The van der Waals surface area contributed by atoms with E-state index in [1.807, 2.05) is 0 Å². The quantitative estimate of drug-likeness (QED) is 0.473. The van der Waals surface area contributed by atoms with Gasteiger partial charge in [-0.3, -0.25) is 0 Å². The molecule has 1 aromatic heterocycles. The van der Waals surface area contributed by atoms with Gasteiger partial charge >= 0.3 is 0 Å². The summed E-state index contributed by atoms with van der Waals surface area (Å²) in [4.78, 5) is 0. The number of nitrogens with zero attached hydrogens (tertiary/aromatic N) is 1. The first-order valence-corrected chi connectivity index (χ1v) is 7.24. The summed E-state index contributed by atoms with van der Waals surface area (Å²) in [6.07, 6.45) is 15.0. The van der Waals surface area contributed by atoms with Gasteiger partial charge in [0.25, 0.3) is 0 Å². The van der Waals surface area contributed by atoms with Crippen molar-refractivity contribution >= 4 is 0 Å². The lowest BCUT2D eigenvalue weighted by atomic mass is 10.0. The molecule has 0 spiro atoms. The highest BCUT2D eigenvalue weighted by atomic mass is 14.9. The van der Waals surface area contributed by atoms with Crippen molar-refractivity contribution in [3.8, 4) is 0 Å². The minimum atomic E-state index is 1.24. The van der Waals surface area contributed by atoms with E-state index in [1.165, 1.54) is 62.5 Å². The van der Waals surface area contributed by atoms with E-state index in [0.29, 0.717) is 0 Å². The molecule has 0 unspecified atom stereocenters. The highest BCUT2D eigenvalue weighted by Gasteiger charge is 2.04. The van der Waals surface area contributed by atoms with Gasteiger partial charge in [0.1, 0.15) is 7.05 Å². The molecule has 1 rings (SSSR count). The lowest BCUT2D eigenvalue weighted by Gasteiger charge is -2.03. The average Bonchev–Trinajstić information content (AvgIpc) is 2.29. The lowest BCUT2D eigenvalue weighted by molar-refractivity contribution is -0.672. The third-order valence-corrected chi connectivity index (χ3v) is 3.25. The molecule has 0 aromatic carbocycles. The fourth-order valence-electron chi connectivity index (χ4n) is 2.30. The Morgan fingerprint density at radius 2 is 1.29 bits per heavy atom. The van der Waals surface area contributed by atoms with E-state index in [1.54, 1.807) is 0 Å². The number of hydrogen-bond acceptors (Lipinski definition) is 0. The predicted molar refractivity (Wildman–Crippen MR) is 74.1 cm³/mol. The van der Waals surface area contributed by atoms with Crippen molar-refractivity contribution in [2.45, 2.75) is 65.2 Å². The molecule has 1 nitrogen and oxygen atoms in total. The van der Waals surface area contributed by atoms with E-state index >= 15 is 0 Å². The van der Waals surface area contributed by atoms with Crippen molar-refractivity contribution < 1.29 is 4.57 Å². The van der Waals surface area contributed by atoms with Crippen LogP contribution in [0.1, 0.15) is 63.5 Å². The van der Waals surface area contributed by atoms with Gasteiger partial charge in [-0.05, 0) is 31.7 Å². The van der Waals surface area contributed by atoms with Crippen LogP contribution in [0, 0.1) is 0 Å². The highest BCUT2D eigenvalue weighted by Crippen LogP contribution is 2.10. The fraction of sp³-hybridized carbons (Fsp3) is 0.688. The monoisotopic (exact) mass is 234 g/mol. The summed E-state index contributed by atoms with van der Waals surface area (Å²) in [5, 5.41) is 0. The summed E-state index contributed by atoms with van der Waals surface area (Å²) >= 11 is 0. The van der Waals surface area contributed by atoms with Crippen LogP contribution in [0.5, 0.6) is 0 Å². The fourth-order valence-corrected chi connectivity index (χ4v) is 2.30. The van der Waals surface area contributed by atoms with Crippen LogP contribution in [0.15, 0.2) is 18.5 Å². The first-order valence-electron chi connectivity index (χ1n) is 7.24. The average molecular weight is 234 g/mol. The normalized spacial score (nSPS) is 10.8. The van der Waals surface area contributed by atoms with Crippen molar-refractivity contribution in [3.05, 3.63) is 29.6 Å². The zero-order valence-electron chi connectivity index (χ0n) is 11.8. The summed E-state index contributed by atoms with van der Waals surface area (Å²) in [5.74, 6) is 0. The largest absolute Gasteiger partial charge is 0.207 e. The van der Waals surface area contributed by atoms with E-state index in [2.05, 4.69) is 43.9 Å². The number of aryl methyl sites for hydroxylation is 3. The molecule has 0 aliphatic carbocycles. The van der Waals surface area contributed by atoms with Gasteiger partial charge in [0, 0.05) is 11.1 Å². The molecule has 0 atom stereocenters. The Labute approximate surface area is 107 Å². The summed E-state index contributed by atoms with van der Waals surface area (Å²) < 4.78 is 2.22. The van der Waals surface area contributed by atoms with Gasteiger partial charge < -0.3 is 0 Å². The summed E-state index contributed by atoms with van der Waals surface area (Å²) in [6.45, 7) is 4.53. The molecule has 96 valence electrons. The third kappa shape index (κ3) is 5.86. The second kappa shape index (κ2) is 8.27. The Hall–Kier alpha value is -0.850. The summed E-state index contributed by atoms with van der Waals surface area (Å²) in [6, 6.07) is 2.41. The topological polar surface area (TPSA) is 3.88 Å². The van der Waals surface area contributed by atoms with Crippen LogP contribution >= 0.6 is 0 Å². The van der Waals surface area contributed by atoms with Crippen molar-refractivity contribution in [2.75, 3.05) is 0 Å². The zero-order chi connectivity index (χ0) is 12.5. The molecule has 0 N–H and O–H groups in total. The van der Waals surface area contributed by atoms with E-state index in [-0.39, 0.29) is 0 Å². The van der Waals surface area contributed by atoms with Gasteiger partial charge in [-0.15, -0.1) is 0 Å². The Bertz CT molecular complexity index is 289. The Kier molecular flexibility index (Phi) is 6.91. The Morgan fingerprint density at radius 3 is 1.71 bits per heavy atom. The molecule has 0 fully saturated rings. The molecule has 0 aliphatic rings. The predicted octanol–water partition coefficient (Wildman–Crippen LogP) is 3.98. The van der Waals surface area contributed by atoms with Crippen molar-refractivity contribution in [1.82, 2.24) is 0 Å². The number of rotatable bonds is 8. The molecule has 17 heavy (non-hydrogen) atoms. The first-order chi connectivity index (χ1) is 8.26. The molecule has 0 bridgehead atoms. The molecule has 0 aliphatic heterocycles. The van der Waals surface area contributed by atoms with Gasteiger partial charge in [-0.25, -0.2) is 4.57 Å². The van der Waals surface area contributed by atoms with Crippen LogP contribution in [0.2, 0.25) is 0 Å². The number of aromatic nitrogens is 1. The van der Waals surface area contributed by atoms with Gasteiger partial charge in [0.15, 0.2) is 12.4 Å². The molecule has 0 saturated heterocycles. The number of pyridine rings is 1. The van der Waals surface area contributed by atoms with E-state index in [4.69, 9.17) is 0 Å². The maximum Gasteiger partial charge on any atom is 0.171 e. The molecule has 0 amide bonds. The van der Waals surface area contributed by atoms with Crippen LogP contribution in [-0.2, 0) is 19.9 Å². The van der Waals surface area contributed by atoms with Crippen LogP contribution < -0.4 is 4.57 Å². The van der Waals surface area contributed by atoms with Crippen molar-refractivity contribution in [1.29, 1.82) is 0 Å². The smallest absolute Gasteiger partial charge is 0.171 e. The molecule has 0 saturated carbocycles. The van der Waals surface area contributed by atoms with Crippen LogP contribution in [0.3, 0.4) is 0 Å². The van der Waals surface area contributed by atoms with Crippen LogP contribution in [-0.4, -0.2) is 0 Å². The molecule has 1 aromatic rings. The number of hydrogen-bond donors (Lipinski definition) is 0. The molecular formula is C16H28N+. The molecule has 1 heterocycles. The van der Waals surface area contributed by atoms with Gasteiger partial charge in [0.2, 0.25) is 0 Å². The molecule has 1 heteroatoms. The summed E-state index contributed by atoms with van der Waals surface area (Å²) in [7, 11) is 2.15. The third-order valence-electron chi connectivity index (χ3n) is 3.25. The maximum atomic E-state index is 2.41. The van der Waals surface area contributed by atoms with E-state index < -0.39 is 0 Å². The van der Waals surface area contributed by atoms with Crippen molar-refractivity contribution in [2.24, 2.45) is 7.05 Å². The van der Waals surface area contributed by atoms with E-state index in [9.17, 15) is 0 Å². The SMILES string of the molecule is CCCCCc1cc(CCCCC)c[n+](C)c1. The highest BCUT2D eigenvalue weighted by molar-refractivity contribution is 5.15. The van der Waals surface area contributed by atoms with Gasteiger partial charge in [0.05, 0.1) is 0 Å². The molecule has 0 radical (unpaired) electrons. The maximum absolute atomic E-state index is 2.41. The Morgan fingerprint density at radius 1 is 0.824 bits per heavy atom. The van der Waals surface area contributed by atoms with Crippen LogP contribution in [0.4, 0.5) is 0 Å². The molecular weight excluding hydrogens is 206 g/mol. The lowest BCUT2D eigenvalue weighted by Crippen LogP contribution is -2.28. The van der Waals surface area contributed by atoms with Crippen molar-refractivity contribution in [3.63, 3.8) is 0 Å². The second-order valence-corrected chi connectivity index (χ2v) is 5.13. The van der Waals surface area contributed by atoms with Gasteiger partial charge in [-0.2, -0.15) is 0 Å². The standard InChI is InChI=1S/C16H28N/c1-4-6-8-10-15-12-16(11-9-7-5-2)14-17(3)13-15/h12-14H,4-11H2,1-3H3/q+1. The summed E-state index contributed by atoms with van der Waals surface area (Å²) in [5.41, 5.74) is 3.02. The number of unbranched alkanes of at least 4 members (excludes halogenated alkanes) is 4. The van der Waals surface area contributed by atoms with Crippen LogP contribution in [0.25, 0.3) is 0 Å². The van der Waals surface area contributed by atoms with Gasteiger partial charge in [-0.1, -0.05) is 39.5 Å². The first kappa shape index (κ1) is 14.2.